The second kappa shape index (κ2) is 16.9. The van der Waals surface area contributed by atoms with Gasteiger partial charge >= 0.3 is 0 Å². The van der Waals surface area contributed by atoms with Crippen molar-refractivity contribution in [1.29, 1.82) is 0 Å². The normalized spacial score (nSPS) is 17.9. The highest BCUT2D eigenvalue weighted by Crippen LogP contribution is 2.39. The fourth-order valence-electron chi connectivity index (χ4n) is 4.76. The lowest BCUT2D eigenvalue weighted by Crippen LogP contribution is -2.31. The molecular weight excluding hydrogens is 582 g/mol. The van der Waals surface area contributed by atoms with Crippen molar-refractivity contribution >= 4 is 35.2 Å². The van der Waals surface area contributed by atoms with Crippen molar-refractivity contribution in [2.75, 3.05) is 11.1 Å². The van der Waals surface area contributed by atoms with Gasteiger partial charge in [0.05, 0.1) is 18.8 Å². The topological polar surface area (TPSA) is 146 Å². The van der Waals surface area contributed by atoms with Crippen molar-refractivity contribution in [3.05, 3.63) is 95.1 Å². The molecule has 0 spiro atoms. The number of carbonyl (C=O) groups is 3. The van der Waals surface area contributed by atoms with Crippen molar-refractivity contribution in [2.24, 2.45) is 0 Å². The number of carbonyl (C=O) groups excluding carboxylic acids is 3. The van der Waals surface area contributed by atoms with Crippen LogP contribution in [-0.4, -0.2) is 39.9 Å². The summed E-state index contributed by atoms with van der Waals surface area (Å²) < 4.78 is 12.9. The van der Waals surface area contributed by atoms with Gasteiger partial charge in [-0.3, -0.25) is 19.6 Å². The van der Waals surface area contributed by atoms with Crippen LogP contribution in [-0.2, 0) is 37.0 Å². The molecule has 1 heterocycles. The van der Waals surface area contributed by atoms with E-state index < -0.39 is 12.2 Å². The first-order valence-corrected chi connectivity index (χ1v) is 15.6. The fraction of sp³-hybridized carbons (Fsp3) is 0.364. The molecule has 44 heavy (non-hydrogen) atoms. The number of hydrogen-bond donors (Lipinski definition) is 5. The van der Waals surface area contributed by atoms with Gasteiger partial charge in [0.1, 0.15) is 0 Å². The summed E-state index contributed by atoms with van der Waals surface area (Å²) in [7, 11) is 0. The van der Waals surface area contributed by atoms with Gasteiger partial charge in [0.2, 0.25) is 17.7 Å². The molecule has 3 aromatic carbocycles. The highest BCUT2D eigenvalue weighted by molar-refractivity contribution is 7.99. The van der Waals surface area contributed by atoms with Crippen LogP contribution < -0.4 is 16.1 Å². The average Bonchev–Trinajstić information content (AvgIpc) is 3.05. The van der Waals surface area contributed by atoms with Gasteiger partial charge in [-0.05, 0) is 53.8 Å². The maximum absolute atomic E-state index is 12.2. The summed E-state index contributed by atoms with van der Waals surface area (Å²) in [5.41, 5.74) is 6.00. The van der Waals surface area contributed by atoms with Crippen LogP contribution in [0.5, 0.6) is 0 Å². The molecule has 1 aliphatic rings. The predicted octanol–water partition coefficient (Wildman–Crippen LogP) is 5.16. The first-order chi connectivity index (χ1) is 21.3. The van der Waals surface area contributed by atoms with Crippen molar-refractivity contribution in [3.63, 3.8) is 0 Å². The molecule has 3 atom stereocenters. The fourth-order valence-corrected chi connectivity index (χ4v) is 5.68. The summed E-state index contributed by atoms with van der Waals surface area (Å²) in [4.78, 5) is 35.6. The highest BCUT2D eigenvalue weighted by atomic mass is 32.2. The molecule has 3 aromatic rings. The minimum atomic E-state index is -0.584. The van der Waals surface area contributed by atoms with E-state index in [4.69, 9.17) is 14.7 Å². The van der Waals surface area contributed by atoms with Crippen LogP contribution in [0.25, 0.3) is 0 Å². The lowest BCUT2D eigenvalue weighted by Gasteiger charge is -2.36. The van der Waals surface area contributed by atoms with Gasteiger partial charge in [-0.2, -0.15) is 0 Å². The van der Waals surface area contributed by atoms with Crippen molar-refractivity contribution in [2.45, 2.75) is 75.6 Å². The summed E-state index contributed by atoms with van der Waals surface area (Å²) in [6, 6.07) is 23.3. The third kappa shape index (κ3) is 10.5. The molecule has 3 amide bonds. The van der Waals surface area contributed by atoms with E-state index in [1.54, 1.807) is 17.2 Å². The van der Waals surface area contributed by atoms with Gasteiger partial charge in [-0.25, -0.2) is 5.48 Å². The molecule has 0 bridgehead atoms. The van der Waals surface area contributed by atoms with Gasteiger partial charge in [-0.15, -0.1) is 11.8 Å². The third-order valence-corrected chi connectivity index (χ3v) is 8.29. The van der Waals surface area contributed by atoms with Crippen molar-refractivity contribution < 1.29 is 34.2 Å². The van der Waals surface area contributed by atoms with E-state index in [1.165, 1.54) is 6.92 Å². The molecule has 0 aliphatic carbocycles. The first kappa shape index (κ1) is 33.2. The maximum atomic E-state index is 12.2. The van der Waals surface area contributed by atoms with E-state index >= 15 is 0 Å². The number of unbranched alkanes of at least 4 members (excludes halogenated alkanes) is 1. The minimum Gasteiger partial charge on any atom is -0.392 e. The maximum Gasteiger partial charge on any atom is 0.243 e. The third-order valence-electron chi connectivity index (χ3n) is 7.15. The number of amides is 3. The zero-order chi connectivity index (χ0) is 31.3. The van der Waals surface area contributed by atoms with Gasteiger partial charge < -0.3 is 25.2 Å². The molecule has 4 rings (SSSR count). The summed E-state index contributed by atoms with van der Waals surface area (Å²) in [6.07, 6.45) is 1.35. The molecule has 234 valence electrons. The summed E-state index contributed by atoms with van der Waals surface area (Å²) >= 11 is 1.68. The first-order valence-electron chi connectivity index (χ1n) is 14.6. The van der Waals surface area contributed by atoms with Gasteiger partial charge in [0, 0.05) is 54.6 Å². The summed E-state index contributed by atoms with van der Waals surface area (Å²) in [5.74, 6) is 0.0424. The number of aliphatic hydroxyl groups excluding tert-OH is 1. The molecule has 11 heteroatoms. The molecular formula is C33H39N3O7S. The van der Waals surface area contributed by atoms with Crippen molar-refractivity contribution in [3.8, 4) is 0 Å². The Balaban J connectivity index is 1.36. The molecule has 1 fully saturated rings. The molecule has 5 N–H and O–H groups in total. The Kier molecular flexibility index (Phi) is 12.8. The van der Waals surface area contributed by atoms with Gasteiger partial charge in [0.15, 0.2) is 6.29 Å². The van der Waals surface area contributed by atoms with E-state index in [9.17, 15) is 19.5 Å². The Bertz CT molecular complexity index is 1370. The van der Waals surface area contributed by atoms with Crippen LogP contribution in [0.15, 0.2) is 77.7 Å². The standard InChI is InChI=1S/C33H39N3O7S/c1-22(38)35-27-14-16-29(17-15-27)44-21-28-18-30(25-10-8-24(20-37)9-11-25)43-33(42-28)26-12-6-23(7-13-26)19-34-31(39)4-2-3-5-32(40)36-41/h6-17,28,30,33,37,41H,2-5,18-21H2,1H3,(H,34,39)(H,35,38)(H,36,40)/t28-,30+,33+/m1/s1. The van der Waals surface area contributed by atoms with E-state index in [2.05, 4.69) is 10.6 Å². The van der Waals surface area contributed by atoms with Gasteiger partial charge in [-0.1, -0.05) is 48.5 Å². The number of hydroxylamine groups is 1. The Hall–Kier alpha value is -3.74. The van der Waals surface area contributed by atoms with Crippen LogP contribution >= 0.6 is 11.8 Å². The molecule has 1 saturated heterocycles. The Morgan fingerprint density at radius 2 is 1.48 bits per heavy atom. The lowest BCUT2D eigenvalue weighted by atomic mass is 10.0. The van der Waals surface area contributed by atoms with E-state index in [0.29, 0.717) is 38.0 Å². The van der Waals surface area contributed by atoms with Crippen LogP contribution in [0.1, 0.15) is 73.7 Å². The van der Waals surface area contributed by atoms with E-state index in [1.807, 2.05) is 72.8 Å². The number of ether oxygens (including phenoxy) is 2. The average molecular weight is 622 g/mol. The Morgan fingerprint density at radius 1 is 0.841 bits per heavy atom. The number of benzene rings is 3. The van der Waals surface area contributed by atoms with E-state index in [0.717, 1.165) is 32.8 Å². The molecule has 0 aromatic heterocycles. The number of thioether (sulfide) groups is 1. The number of nitrogens with one attached hydrogen (secondary N) is 3. The molecule has 0 unspecified atom stereocenters. The molecule has 1 aliphatic heterocycles. The van der Waals surface area contributed by atoms with E-state index in [-0.39, 0.29) is 37.0 Å². The SMILES string of the molecule is CC(=O)Nc1ccc(SC[C@H]2C[C@@H](c3ccc(CO)cc3)O[C@@H](c3ccc(CNC(=O)CCCCC(=O)NO)cc3)O2)cc1. The van der Waals surface area contributed by atoms with Gasteiger partial charge in [0.25, 0.3) is 0 Å². The second-order valence-corrected chi connectivity index (χ2v) is 11.7. The Morgan fingerprint density at radius 3 is 2.11 bits per heavy atom. The Labute approximate surface area is 261 Å². The summed E-state index contributed by atoms with van der Waals surface area (Å²) in [6.45, 7) is 1.84. The molecule has 10 nitrogen and oxygen atoms in total. The van der Waals surface area contributed by atoms with Crippen LogP contribution in [0.4, 0.5) is 5.69 Å². The highest BCUT2D eigenvalue weighted by Gasteiger charge is 2.32. The largest absolute Gasteiger partial charge is 0.392 e. The quantitative estimate of drug-likeness (QED) is 0.0719. The minimum absolute atomic E-state index is 0.0202. The number of rotatable bonds is 14. The van der Waals surface area contributed by atoms with Crippen LogP contribution in [0.2, 0.25) is 0 Å². The molecule has 0 radical (unpaired) electrons. The monoisotopic (exact) mass is 621 g/mol. The lowest BCUT2D eigenvalue weighted by molar-refractivity contribution is -0.245. The number of aliphatic hydroxyl groups is 1. The van der Waals surface area contributed by atoms with Crippen LogP contribution in [0, 0.1) is 0 Å². The smallest absolute Gasteiger partial charge is 0.243 e. The molecule has 0 saturated carbocycles. The number of anilines is 1. The zero-order valence-electron chi connectivity index (χ0n) is 24.7. The zero-order valence-corrected chi connectivity index (χ0v) is 25.5. The second-order valence-electron chi connectivity index (χ2n) is 10.6. The van der Waals surface area contributed by atoms with Crippen molar-refractivity contribution in [1.82, 2.24) is 10.8 Å². The predicted molar refractivity (Wildman–Crippen MR) is 167 cm³/mol. The van der Waals surface area contributed by atoms with Crippen LogP contribution in [0.3, 0.4) is 0 Å². The number of hydrogen-bond acceptors (Lipinski definition) is 8. The summed E-state index contributed by atoms with van der Waals surface area (Å²) in [5, 5.41) is 23.7.